The first-order chi connectivity index (χ1) is 6.83. The summed E-state index contributed by atoms with van der Waals surface area (Å²) in [7, 11) is 2.03. The molecular formula is C11H19N3. The van der Waals surface area contributed by atoms with Crippen molar-refractivity contribution in [2.24, 2.45) is 13.0 Å². The molecule has 0 saturated heterocycles. The summed E-state index contributed by atoms with van der Waals surface area (Å²) in [6.07, 6.45) is 4.45. The molecule has 1 aromatic heterocycles. The molecule has 0 bridgehead atoms. The van der Waals surface area contributed by atoms with Gasteiger partial charge in [-0.2, -0.15) is 5.10 Å². The van der Waals surface area contributed by atoms with Gasteiger partial charge >= 0.3 is 0 Å². The molecular weight excluding hydrogens is 174 g/mol. The van der Waals surface area contributed by atoms with Crippen LogP contribution in [-0.2, 0) is 7.05 Å². The lowest BCUT2D eigenvalue weighted by Crippen LogP contribution is -2.18. The predicted octanol–water partition coefficient (Wildman–Crippen LogP) is 1.52. The maximum absolute atomic E-state index is 4.21. The highest BCUT2D eigenvalue weighted by Crippen LogP contribution is 2.46. The molecule has 0 radical (unpaired) electrons. The van der Waals surface area contributed by atoms with Crippen molar-refractivity contribution in [2.45, 2.75) is 25.7 Å². The third-order valence-corrected chi connectivity index (χ3v) is 2.99. The van der Waals surface area contributed by atoms with E-state index in [1.54, 1.807) is 0 Å². The fraction of sp³-hybridized carbons (Fsp3) is 0.727. The van der Waals surface area contributed by atoms with Crippen molar-refractivity contribution in [1.82, 2.24) is 15.1 Å². The molecule has 3 nitrogen and oxygen atoms in total. The van der Waals surface area contributed by atoms with Gasteiger partial charge in [-0.05, 0) is 37.9 Å². The van der Waals surface area contributed by atoms with Gasteiger partial charge in [0, 0.05) is 24.9 Å². The first-order valence-electron chi connectivity index (χ1n) is 5.51. The lowest BCUT2D eigenvalue weighted by Gasteiger charge is -2.02. The van der Waals surface area contributed by atoms with Gasteiger partial charge in [0.15, 0.2) is 0 Å². The molecule has 0 amide bonds. The minimum atomic E-state index is 0.756. The third-order valence-electron chi connectivity index (χ3n) is 2.99. The van der Waals surface area contributed by atoms with Gasteiger partial charge in [0.1, 0.15) is 0 Å². The number of hydrogen-bond donors (Lipinski definition) is 1. The Bertz CT molecular complexity index is 292. The topological polar surface area (TPSA) is 29.9 Å². The first-order valence-corrected chi connectivity index (χ1v) is 5.51. The van der Waals surface area contributed by atoms with E-state index >= 15 is 0 Å². The van der Waals surface area contributed by atoms with Gasteiger partial charge in [0.05, 0.1) is 0 Å². The Morgan fingerprint density at radius 3 is 3.14 bits per heavy atom. The van der Waals surface area contributed by atoms with Crippen molar-refractivity contribution in [3.8, 4) is 0 Å². The number of nitrogens with one attached hydrogen (secondary N) is 1. The summed E-state index contributed by atoms with van der Waals surface area (Å²) in [6, 6.07) is 2.14. The van der Waals surface area contributed by atoms with Crippen LogP contribution in [0.5, 0.6) is 0 Å². The van der Waals surface area contributed by atoms with E-state index in [0.717, 1.165) is 18.4 Å². The molecule has 3 heteroatoms. The Labute approximate surface area is 85.5 Å². The van der Waals surface area contributed by atoms with E-state index < -0.39 is 0 Å². The molecule has 14 heavy (non-hydrogen) atoms. The second-order valence-electron chi connectivity index (χ2n) is 4.19. The maximum atomic E-state index is 4.21. The largest absolute Gasteiger partial charge is 0.316 e. The van der Waals surface area contributed by atoms with Gasteiger partial charge in [-0.15, -0.1) is 0 Å². The average Bonchev–Trinajstić information content (AvgIpc) is 2.81. The molecule has 1 fully saturated rings. The van der Waals surface area contributed by atoms with Gasteiger partial charge < -0.3 is 5.32 Å². The van der Waals surface area contributed by atoms with Crippen LogP contribution in [0.4, 0.5) is 0 Å². The van der Waals surface area contributed by atoms with Crippen LogP contribution < -0.4 is 5.32 Å². The van der Waals surface area contributed by atoms with E-state index in [4.69, 9.17) is 0 Å². The third kappa shape index (κ3) is 1.98. The lowest BCUT2D eigenvalue weighted by atomic mass is 10.2. The lowest BCUT2D eigenvalue weighted by molar-refractivity contribution is 0.608. The molecule has 1 aliphatic rings. The monoisotopic (exact) mass is 193 g/mol. The molecule has 0 aliphatic heterocycles. The van der Waals surface area contributed by atoms with E-state index in [0.29, 0.717) is 0 Å². The van der Waals surface area contributed by atoms with Gasteiger partial charge in [0.25, 0.3) is 0 Å². The summed E-state index contributed by atoms with van der Waals surface area (Å²) in [5.41, 5.74) is 1.40. The number of hydrogen-bond acceptors (Lipinski definition) is 2. The Hall–Kier alpha value is -0.830. The van der Waals surface area contributed by atoms with Crippen molar-refractivity contribution in [3.63, 3.8) is 0 Å². The van der Waals surface area contributed by atoms with Crippen LogP contribution in [-0.4, -0.2) is 22.9 Å². The molecule has 78 valence electrons. The summed E-state index contributed by atoms with van der Waals surface area (Å²) >= 11 is 0. The Kier molecular flexibility index (Phi) is 2.87. The minimum Gasteiger partial charge on any atom is -0.316 e. The zero-order chi connectivity index (χ0) is 9.97. The molecule has 1 heterocycles. The number of aromatic nitrogens is 2. The van der Waals surface area contributed by atoms with Crippen LogP contribution in [0, 0.1) is 5.92 Å². The summed E-state index contributed by atoms with van der Waals surface area (Å²) in [4.78, 5) is 0. The first kappa shape index (κ1) is 9.71. The number of aryl methyl sites for hydroxylation is 1. The second-order valence-corrected chi connectivity index (χ2v) is 4.19. The van der Waals surface area contributed by atoms with Crippen molar-refractivity contribution >= 4 is 0 Å². The molecule has 1 aliphatic carbocycles. The summed E-state index contributed by atoms with van der Waals surface area (Å²) in [6.45, 7) is 4.52. The van der Waals surface area contributed by atoms with Gasteiger partial charge in [0.2, 0.25) is 0 Å². The highest BCUT2D eigenvalue weighted by Gasteiger charge is 2.39. The molecule has 0 spiro atoms. The quantitative estimate of drug-likeness (QED) is 0.719. The van der Waals surface area contributed by atoms with Crippen LogP contribution >= 0.6 is 0 Å². The molecule has 0 aromatic carbocycles. The standard InChI is InChI=1S/C11H19N3/c1-3-5-12-8-9-7-10(9)11-4-6-13-14(11)2/h4,6,9-10,12H,3,5,7-8H2,1-2H3. The van der Waals surface area contributed by atoms with Crippen molar-refractivity contribution < 1.29 is 0 Å². The SMILES string of the molecule is CCCNCC1CC1c1ccnn1C. The van der Waals surface area contributed by atoms with Crippen LogP contribution in [0.1, 0.15) is 31.4 Å². The molecule has 1 saturated carbocycles. The van der Waals surface area contributed by atoms with E-state index in [9.17, 15) is 0 Å². The van der Waals surface area contributed by atoms with Crippen LogP contribution in [0.2, 0.25) is 0 Å². The fourth-order valence-corrected chi connectivity index (χ4v) is 2.05. The highest BCUT2D eigenvalue weighted by atomic mass is 15.3. The van der Waals surface area contributed by atoms with Crippen LogP contribution in [0.3, 0.4) is 0 Å². The molecule has 1 N–H and O–H groups in total. The summed E-state index contributed by atoms with van der Waals surface area (Å²) < 4.78 is 2.00. The van der Waals surface area contributed by atoms with E-state index in [-0.39, 0.29) is 0 Å². The molecule has 2 rings (SSSR count). The molecule has 2 unspecified atom stereocenters. The Balaban J connectivity index is 1.79. The Morgan fingerprint density at radius 1 is 1.64 bits per heavy atom. The van der Waals surface area contributed by atoms with E-state index in [1.807, 2.05) is 17.9 Å². The van der Waals surface area contributed by atoms with Crippen molar-refractivity contribution in [3.05, 3.63) is 18.0 Å². The van der Waals surface area contributed by atoms with E-state index in [1.165, 1.54) is 25.1 Å². The predicted molar refractivity (Wildman–Crippen MR) is 57.2 cm³/mol. The molecule has 2 atom stereocenters. The summed E-state index contributed by atoms with van der Waals surface area (Å²) in [5.74, 6) is 1.60. The normalized spacial score (nSPS) is 25.3. The van der Waals surface area contributed by atoms with Crippen LogP contribution in [0.25, 0.3) is 0 Å². The average molecular weight is 193 g/mol. The zero-order valence-electron chi connectivity index (χ0n) is 9.03. The zero-order valence-corrected chi connectivity index (χ0v) is 9.03. The number of rotatable bonds is 5. The summed E-state index contributed by atoms with van der Waals surface area (Å²) in [5, 5.41) is 7.68. The second kappa shape index (κ2) is 4.13. The maximum Gasteiger partial charge on any atom is 0.0492 e. The Morgan fingerprint density at radius 2 is 2.50 bits per heavy atom. The van der Waals surface area contributed by atoms with Gasteiger partial charge in [-0.3, -0.25) is 4.68 Å². The molecule has 1 aromatic rings. The smallest absolute Gasteiger partial charge is 0.0492 e. The van der Waals surface area contributed by atoms with Gasteiger partial charge in [-0.25, -0.2) is 0 Å². The van der Waals surface area contributed by atoms with E-state index in [2.05, 4.69) is 23.4 Å². The minimum absolute atomic E-state index is 0.756. The highest BCUT2D eigenvalue weighted by molar-refractivity contribution is 5.17. The van der Waals surface area contributed by atoms with Crippen molar-refractivity contribution in [1.29, 1.82) is 0 Å². The fourth-order valence-electron chi connectivity index (χ4n) is 2.05. The van der Waals surface area contributed by atoms with Gasteiger partial charge in [-0.1, -0.05) is 6.92 Å². The van der Waals surface area contributed by atoms with Crippen LogP contribution in [0.15, 0.2) is 12.3 Å². The number of nitrogens with zero attached hydrogens (tertiary/aromatic N) is 2. The van der Waals surface area contributed by atoms with Crippen molar-refractivity contribution in [2.75, 3.05) is 13.1 Å².